The number of halogens is 2. The average molecular weight is 616 g/mol. The van der Waals surface area contributed by atoms with Gasteiger partial charge in [0, 0.05) is 14.5 Å². The van der Waals surface area contributed by atoms with Crippen LogP contribution in [0.3, 0.4) is 0 Å². The van der Waals surface area contributed by atoms with Crippen molar-refractivity contribution < 1.29 is 19.1 Å². The molecule has 0 radical (unpaired) electrons. The van der Waals surface area contributed by atoms with Gasteiger partial charge in [-0.05, 0) is 77.8 Å². The van der Waals surface area contributed by atoms with Crippen LogP contribution >= 0.6 is 31.9 Å². The van der Waals surface area contributed by atoms with Crippen molar-refractivity contribution in [1.82, 2.24) is 0 Å². The molecular formula is C30H32Br2O4. The number of methoxy groups -OCH3 is 2. The zero-order valence-electron chi connectivity index (χ0n) is 21.3. The molecule has 0 aliphatic carbocycles. The van der Waals surface area contributed by atoms with Crippen LogP contribution in [0.2, 0.25) is 0 Å². The van der Waals surface area contributed by atoms with E-state index in [4.69, 9.17) is 9.47 Å². The Bertz CT molecular complexity index is 1220. The van der Waals surface area contributed by atoms with Gasteiger partial charge >= 0.3 is 11.9 Å². The molecule has 0 heterocycles. The van der Waals surface area contributed by atoms with Crippen molar-refractivity contribution in [3.63, 3.8) is 0 Å². The van der Waals surface area contributed by atoms with Crippen LogP contribution < -0.4 is 0 Å². The largest absolute Gasteiger partial charge is 0.465 e. The summed E-state index contributed by atoms with van der Waals surface area (Å²) in [6.45, 7) is 4.27. The third-order valence-corrected chi connectivity index (χ3v) is 7.37. The first-order chi connectivity index (χ1) is 17.4. The van der Waals surface area contributed by atoms with Crippen molar-refractivity contribution in [1.29, 1.82) is 0 Å². The highest BCUT2D eigenvalue weighted by Gasteiger charge is 2.32. The first-order valence-corrected chi connectivity index (χ1v) is 13.9. The summed E-state index contributed by atoms with van der Waals surface area (Å²) in [7, 11) is 2.71. The summed E-state index contributed by atoms with van der Waals surface area (Å²) in [5, 5.41) is 0. The van der Waals surface area contributed by atoms with E-state index in [1.54, 1.807) is 0 Å². The molecule has 0 saturated heterocycles. The fourth-order valence-corrected chi connectivity index (χ4v) is 5.13. The summed E-state index contributed by atoms with van der Waals surface area (Å²) in [6.07, 6.45) is 5.17. The van der Waals surface area contributed by atoms with Gasteiger partial charge in [0.25, 0.3) is 0 Å². The Hall–Kier alpha value is -2.44. The summed E-state index contributed by atoms with van der Waals surface area (Å²) < 4.78 is 12.5. The molecule has 0 spiro atoms. The predicted molar refractivity (Wildman–Crippen MR) is 153 cm³/mol. The molecule has 0 aliphatic heterocycles. The van der Waals surface area contributed by atoms with E-state index in [0.29, 0.717) is 12.0 Å². The van der Waals surface area contributed by atoms with Gasteiger partial charge in [0.05, 0.1) is 25.3 Å². The third-order valence-electron chi connectivity index (χ3n) is 6.31. The highest BCUT2D eigenvalue weighted by molar-refractivity contribution is 9.10. The van der Waals surface area contributed by atoms with Gasteiger partial charge in [-0.1, -0.05) is 82.8 Å². The van der Waals surface area contributed by atoms with Crippen LogP contribution in [0.5, 0.6) is 0 Å². The molecule has 3 aromatic rings. The standard InChI is InChI=1S/C30H32Br2O4/c1-5-7-9-23-25(19-11-15-21(31)16-12-19)24(10-8-6-2)27(29(33)35-3)28(30(34)36-4)26(23)20-13-17-22(32)18-14-20/h11-18H,5-10H2,1-4H3. The number of carbonyl (C=O) groups is 2. The minimum absolute atomic E-state index is 0.282. The lowest BCUT2D eigenvalue weighted by atomic mass is 9.78. The van der Waals surface area contributed by atoms with Crippen LogP contribution in [-0.4, -0.2) is 26.2 Å². The van der Waals surface area contributed by atoms with E-state index in [9.17, 15) is 9.59 Å². The molecule has 0 fully saturated rings. The fraction of sp³-hybridized carbons (Fsp3) is 0.333. The first kappa shape index (κ1) is 28.1. The monoisotopic (exact) mass is 614 g/mol. The first-order valence-electron chi connectivity index (χ1n) is 12.3. The second kappa shape index (κ2) is 13.2. The van der Waals surface area contributed by atoms with Crippen molar-refractivity contribution in [2.24, 2.45) is 0 Å². The van der Waals surface area contributed by atoms with E-state index in [1.165, 1.54) is 14.2 Å². The number of benzene rings is 3. The van der Waals surface area contributed by atoms with E-state index in [0.717, 1.165) is 74.4 Å². The highest BCUT2D eigenvalue weighted by Crippen LogP contribution is 2.43. The molecule has 3 aromatic carbocycles. The number of carbonyl (C=O) groups excluding carboxylic acids is 2. The summed E-state index contributed by atoms with van der Waals surface area (Å²) in [4.78, 5) is 26.8. The lowest BCUT2D eigenvalue weighted by Crippen LogP contribution is -2.19. The van der Waals surface area contributed by atoms with Crippen molar-refractivity contribution in [2.75, 3.05) is 14.2 Å². The van der Waals surface area contributed by atoms with Gasteiger partial charge in [-0.15, -0.1) is 0 Å². The Labute approximate surface area is 230 Å². The van der Waals surface area contributed by atoms with Crippen LogP contribution in [-0.2, 0) is 22.3 Å². The van der Waals surface area contributed by atoms with Gasteiger partial charge in [-0.2, -0.15) is 0 Å². The molecule has 0 aromatic heterocycles. The molecular weight excluding hydrogens is 584 g/mol. The number of unbranched alkanes of at least 4 members (excludes halogenated alkanes) is 2. The van der Waals surface area contributed by atoms with Crippen LogP contribution in [0.1, 0.15) is 71.4 Å². The Kier molecular flexibility index (Phi) is 10.3. The van der Waals surface area contributed by atoms with E-state index in [2.05, 4.69) is 57.8 Å². The topological polar surface area (TPSA) is 52.6 Å². The lowest BCUT2D eigenvalue weighted by molar-refractivity contribution is 0.0555. The van der Waals surface area contributed by atoms with Gasteiger partial charge in [-0.3, -0.25) is 0 Å². The quantitative estimate of drug-likeness (QED) is 0.214. The van der Waals surface area contributed by atoms with Crippen molar-refractivity contribution in [3.8, 4) is 22.3 Å². The van der Waals surface area contributed by atoms with Gasteiger partial charge in [-0.25, -0.2) is 9.59 Å². The maximum Gasteiger partial charge on any atom is 0.339 e. The number of hydrogen-bond donors (Lipinski definition) is 0. The minimum Gasteiger partial charge on any atom is -0.465 e. The summed E-state index contributed by atoms with van der Waals surface area (Å²) >= 11 is 7.06. The molecule has 0 unspecified atom stereocenters. The Morgan fingerprint density at radius 2 is 1.06 bits per heavy atom. The van der Waals surface area contributed by atoms with Crippen LogP contribution in [0.25, 0.3) is 22.3 Å². The minimum atomic E-state index is -0.536. The van der Waals surface area contributed by atoms with Crippen LogP contribution in [0.15, 0.2) is 57.5 Å². The lowest BCUT2D eigenvalue weighted by Gasteiger charge is -2.26. The Balaban J connectivity index is 2.61. The number of hydrogen-bond acceptors (Lipinski definition) is 4. The summed E-state index contributed by atoms with van der Waals surface area (Å²) in [6, 6.07) is 16.0. The van der Waals surface area contributed by atoms with Gasteiger partial charge < -0.3 is 9.47 Å². The number of esters is 2. The molecule has 4 nitrogen and oxygen atoms in total. The second-order valence-corrected chi connectivity index (χ2v) is 10.5. The average Bonchev–Trinajstić information content (AvgIpc) is 2.90. The zero-order valence-corrected chi connectivity index (χ0v) is 24.4. The normalized spacial score (nSPS) is 10.8. The van der Waals surface area contributed by atoms with E-state index in [1.807, 2.05) is 36.4 Å². The molecule has 0 N–H and O–H groups in total. The van der Waals surface area contributed by atoms with E-state index >= 15 is 0 Å². The highest BCUT2D eigenvalue weighted by atomic mass is 79.9. The maximum atomic E-state index is 13.4. The van der Waals surface area contributed by atoms with Gasteiger partial charge in [0.1, 0.15) is 0 Å². The zero-order chi connectivity index (χ0) is 26.2. The van der Waals surface area contributed by atoms with Gasteiger partial charge in [0.2, 0.25) is 0 Å². The summed E-state index contributed by atoms with van der Waals surface area (Å²) in [5.74, 6) is -1.06. The van der Waals surface area contributed by atoms with E-state index < -0.39 is 11.9 Å². The fourth-order valence-electron chi connectivity index (χ4n) is 4.60. The maximum absolute atomic E-state index is 13.4. The van der Waals surface area contributed by atoms with Crippen molar-refractivity contribution in [2.45, 2.75) is 52.4 Å². The Morgan fingerprint density at radius 3 is 1.50 bits per heavy atom. The third kappa shape index (κ3) is 6.09. The molecule has 190 valence electrons. The second-order valence-electron chi connectivity index (χ2n) is 8.66. The number of ether oxygens (including phenoxy) is 2. The Morgan fingerprint density at radius 1 is 0.639 bits per heavy atom. The molecule has 0 amide bonds. The number of rotatable bonds is 10. The van der Waals surface area contributed by atoms with Crippen molar-refractivity contribution in [3.05, 3.63) is 79.7 Å². The summed E-state index contributed by atoms with van der Waals surface area (Å²) in [5.41, 5.74) is 6.10. The molecule has 3 rings (SSSR count). The molecule has 6 heteroatoms. The van der Waals surface area contributed by atoms with E-state index in [-0.39, 0.29) is 5.56 Å². The molecule has 36 heavy (non-hydrogen) atoms. The van der Waals surface area contributed by atoms with Crippen LogP contribution in [0, 0.1) is 0 Å². The van der Waals surface area contributed by atoms with Crippen molar-refractivity contribution >= 4 is 43.8 Å². The van der Waals surface area contributed by atoms with Gasteiger partial charge in [0.15, 0.2) is 0 Å². The smallest absolute Gasteiger partial charge is 0.339 e. The predicted octanol–water partition coefficient (Wildman–Crippen LogP) is 8.80. The molecule has 0 atom stereocenters. The SMILES string of the molecule is CCCCc1c(C(=O)OC)c(C(=O)OC)c(-c2ccc(Br)cc2)c(CCCC)c1-c1ccc(Br)cc1. The molecule has 0 saturated carbocycles. The molecule has 0 aliphatic rings. The molecule has 0 bridgehead atoms. The van der Waals surface area contributed by atoms with Crippen LogP contribution in [0.4, 0.5) is 0 Å².